The summed E-state index contributed by atoms with van der Waals surface area (Å²) < 4.78 is 14.9. The number of rotatable bonds is 4. The van der Waals surface area contributed by atoms with Gasteiger partial charge in [-0.25, -0.2) is 4.39 Å². The molecule has 1 aliphatic rings. The second-order valence-electron chi connectivity index (χ2n) is 6.09. The highest BCUT2D eigenvalue weighted by atomic mass is 79.9. The summed E-state index contributed by atoms with van der Waals surface area (Å²) in [7, 11) is 0. The lowest BCUT2D eigenvalue weighted by Gasteiger charge is -2.29. The molecular formula is C15H22BrFN2. The Morgan fingerprint density at radius 3 is 2.79 bits per heavy atom. The van der Waals surface area contributed by atoms with Crippen molar-refractivity contribution < 1.29 is 4.39 Å². The predicted molar refractivity (Wildman–Crippen MR) is 80.7 cm³/mol. The number of nitrogens with one attached hydrogen (secondary N) is 1. The lowest BCUT2D eigenvalue weighted by Crippen LogP contribution is -2.46. The van der Waals surface area contributed by atoms with Crippen LogP contribution in [0.1, 0.15) is 38.7 Å². The molecule has 1 aromatic rings. The molecule has 4 heteroatoms. The lowest BCUT2D eigenvalue weighted by atomic mass is 9.84. The maximum absolute atomic E-state index is 14.0. The van der Waals surface area contributed by atoms with Crippen molar-refractivity contribution in [3.63, 3.8) is 0 Å². The summed E-state index contributed by atoms with van der Waals surface area (Å²) in [6.07, 6.45) is 3.39. The zero-order valence-electron chi connectivity index (χ0n) is 11.5. The second-order valence-corrected chi connectivity index (χ2v) is 7.01. The minimum atomic E-state index is -0.254. The first kappa shape index (κ1) is 14.9. The molecule has 2 nitrogen and oxygen atoms in total. The Morgan fingerprint density at radius 2 is 2.16 bits per heavy atom. The third kappa shape index (κ3) is 3.56. The molecule has 0 heterocycles. The first-order valence-electron chi connectivity index (χ1n) is 6.84. The first-order chi connectivity index (χ1) is 8.90. The van der Waals surface area contributed by atoms with E-state index in [1.807, 2.05) is 6.07 Å². The molecule has 1 aliphatic carbocycles. The molecule has 0 spiro atoms. The molecule has 0 amide bonds. The minimum Gasteiger partial charge on any atom is -0.326 e. The van der Waals surface area contributed by atoms with Crippen molar-refractivity contribution in [2.75, 3.05) is 6.54 Å². The Labute approximate surface area is 123 Å². The van der Waals surface area contributed by atoms with Gasteiger partial charge < -0.3 is 11.1 Å². The van der Waals surface area contributed by atoms with Gasteiger partial charge in [0.1, 0.15) is 5.82 Å². The van der Waals surface area contributed by atoms with Crippen LogP contribution in [0, 0.1) is 5.82 Å². The van der Waals surface area contributed by atoms with E-state index >= 15 is 0 Å². The topological polar surface area (TPSA) is 38.0 Å². The fraction of sp³-hybridized carbons (Fsp3) is 0.600. The third-order valence-corrected chi connectivity index (χ3v) is 4.53. The summed E-state index contributed by atoms with van der Waals surface area (Å²) in [5.74, 6) is -0.147. The molecule has 1 saturated carbocycles. The summed E-state index contributed by atoms with van der Waals surface area (Å²) in [5, 5.41) is 3.51. The van der Waals surface area contributed by atoms with Crippen molar-refractivity contribution in [1.29, 1.82) is 0 Å². The van der Waals surface area contributed by atoms with Crippen LogP contribution in [-0.2, 0) is 5.41 Å². The van der Waals surface area contributed by atoms with Gasteiger partial charge in [-0.2, -0.15) is 0 Å². The van der Waals surface area contributed by atoms with Gasteiger partial charge in [0.05, 0.1) is 0 Å². The number of halogens is 2. The van der Waals surface area contributed by atoms with Crippen LogP contribution in [0.25, 0.3) is 0 Å². The van der Waals surface area contributed by atoms with Crippen molar-refractivity contribution in [3.8, 4) is 0 Å². The highest BCUT2D eigenvalue weighted by Gasteiger charge is 2.28. The van der Waals surface area contributed by atoms with Crippen molar-refractivity contribution in [3.05, 3.63) is 34.1 Å². The Hall–Kier alpha value is -0.450. The molecule has 0 aliphatic heterocycles. The molecule has 0 saturated heterocycles. The average molecular weight is 329 g/mol. The summed E-state index contributed by atoms with van der Waals surface area (Å²) >= 11 is 3.41. The van der Waals surface area contributed by atoms with Crippen molar-refractivity contribution in [2.24, 2.45) is 5.73 Å². The van der Waals surface area contributed by atoms with Gasteiger partial charge in [-0.05, 0) is 36.6 Å². The minimum absolute atomic E-state index is 0.147. The predicted octanol–water partition coefficient (Wildman–Crippen LogP) is 3.34. The smallest absolute Gasteiger partial charge is 0.127 e. The molecule has 106 valence electrons. The molecular weight excluding hydrogens is 307 g/mol. The van der Waals surface area contributed by atoms with Crippen LogP contribution >= 0.6 is 15.9 Å². The molecule has 0 radical (unpaired) electrons. The lowest BCUT2D eigenvalue weighted by molar-refractivity contribution is 0.389. The molecule has 2 rings (SSSR count). The van der Waals surface area contributed by atoms with E-state index in [1.165, 1.54) is 12.5 Å². The van der Waals surface area contributed by atoms with Crippen molar-refractivity contribution in [1.82, 2.24) is 5.32 Å². The van der Waals surface area contributed by atoms with E-state index in [-0.39, 0.29) is 17.3 Å². The van der Waals surface area contributed by atoms with E-state index in [4.69, 9.17) is 5.73 Å². The standard InChI is InChI=1S/C15H22BrFN2/c1-15(2,9-19-14-5-3-4-13(14)18)11-8-10(16)6-7-12(11)17/h6-8,13-14,19H,3-5,9,18H2,1-2H3. The zero-order valence-corrected chi connectivity index (χ0v) is 13.1. The van der Waals surface area contributed by atoms with Crippen LogP contribution in [0.3, 0.4) is 0 Å². The average Bonchev–Trinajstić information content (AvgIpc) is 2.75. The number of hydrogen-bond donors (Lipinski definition) is 2. The van der Waals surface area contributed by atoms with Gasteiger partial charge in [0.15, 0.2) is 0 Å². The van der Waals surface area contributed by atoms with Gasteiger partial charge in [0, 0.05) is 28.5 Å². The van der Waals surface area contributed by atoms with Crippen LogP contribution in [0.2, 0.25) is 0 Å². The van der Waals surface area contributed by atoms with Crippen molar-refractivity contribution >= 4 is 15.9 Å². The molecule has 19 heavy (non-hydrogen) atoms. The highest BCUT2D eigenvalue weighted by Crippen LogP contribution is 2.28. The molecule has 0 aromatic heterocycles. The van der Waals surface area contributed by atoms with Crippen LogP contribution in [-0.4, -0.2) is 18.6 Å². The number of hydrogen-bond acceptors (Lipinski definition) is 2. The largest absolute Gasteiger partial charge is 0.326 e. The van der Waals surface area contributed by atoms with Crippen LogP contribution in [0.15, 0.2) is 22.7 Å². The Bertz CT molecular complexity index is 448. The maximum atomic E-state index is 14.0. The number of benzene rings is 1. The van der Waals surface area contributed by atoms with E-state index in [1.54, 1.807) is 6.07 Å². The summed E-state index contributed by atoms with van der Waals surface area (Å²) in [4.78, 5) is 0. The van der Waals surface area contributed by atoms with E-state index in [2.05, 4.69) is 35.1 Å². The number of nitrogens with two attached hydrogens (primary N) is 1. The highest BCUT2D eigenvalue weighted by molar-refractivity contribution is 9.10. The van der Waals surface area contributed by atoms with Gasteiger partial charge >= 0.3 is 0 Å². The van der Waals surface area contributed by atoms with Gasteiger partial charge in [-0.3, -0.25) is 0 Å². The van der Waals surface area contributed by atoms with Crippen LogP contribution in [0.4, 0.5) is 4.39 Å². The Morgan fingerprint density at radius 1 is 1.42 bits per heavy atom. The fourth-order valence-electron chi connectivity index (χ4n) is 2.74. The van der Waals surface area contributed by atoms with Crippen LogP contribution in [0.5, 0.6) is 0 Å². The van der Waals surface area contributed by atoms with E-state index in [9.17, 15) is 4.39 Å². The molecule has 0 bridgehead atoms. The summed E-state index contributed by atoms with van der Waals surface area (Å²) in [6.45, 7) is 4.86. The molecule has 2 unspecified atom stereocenters. The molecule has 1 aromatic carbocycles. The molecule has 3 N–H and O–H groups in total. The first-order valence-corrected chi connectivity index (χ1v) is 7.64. The van der Waals surface area contributed by atoms with E-state index in [0.717, 1.165) is 29.4 Å². The maximum Gasteiger partial charge on any atom is 0.127 e. The van der Waals surface area contributed by atoms with Crippen LogP contribution < -0.4 is 11.1 Å². The quantitative estimate of drug-likeness (QED) is 0.889. The van der Waals surface area contributed by atoms with Gasteiger partial charge in [-0.1, -0.05) is 36.2 Å². The van der Waals surface area contributed by atoms with E-state index < -0.39 is 0 Å². The normalized spacial score (nSPS) is 23.8. The second kappa shape index (κ2) is 5.90. The summed E-state index contributed by atoms with van der Waals surface area (Å²) in [6, 6.07) is 5.72. The van der Waals surface area contributed by atoms with E-state index in [0.29, 0.717) is 6.04 Å². The van der Waals surface area contributed by atoms with Gasteiger partial charge in [0.25, 0.3) is 0 Å². The Balaban J connectivity index is 2.06. The SMILES string of the molecule is CC(C)(CNC1CCCC1N)c1cc(Br)ccc1F. The summed E-state index contributed by atoms with van der Waals surface area (Å²) in [5.41, 5.74) is 6.54. The van der Waals surface area contributed by atoms with Gasteiger partial charge in [-0.15, -0.1) is 0 Å². The Kier molecular flexibility index (Phi) is 4.64. The monoisotopic (exact) mass is 328 g/mol. The molecule has 2 atom stereocenters. The molecule has 1 fully saturated rings. The zero-order chi connectivity index (χ0) is 14.0. The van der Waals surface area contributed by atoms with Gasteiger partial charge in [0.2, 0.25) is 0 Å². The fourth-order valence-corrected chi connectivity index (χ4v) is 3.10. The third-order valence-electron chi connectivity index (χ3n) is 4.03. The van der Waals surface area contributed by atoms with Crippen molar-refractivity contribution in [2.45, 2.75) is 50.6 Å².